The second kappa shape index (κ2) is 8.41. The van der Waals surface area contributed by atoms with E-state index in [9.17, 15) is 10.1 Å². The maximum Gasteiger partial charge on any atom is 0.338 e. The highest BCUT2D eigenvalue weighted by atomic mass is 16.5. The molecule has 1 heterocycles. The van der Waals surface area contributed by atoms with E-state index >= 15 is 0 Å². The van der Waals surface area contributed by atoms with Gasteiger partial charge in [0.1, 0.15) is 19.3 Å². The molecule has 30 heavy (non-hydrogen) atoms. The summed E-state index contributed by atoms with van der Waals surface area (Å²) < 4.78 is 7.12. The Balaban J connectivity index is 1.44. The van der Waals surface area contributed by atoms with Crippen molar-refractivity contribution in [2.24, 2.45) is 0 Å². The van der Waals surface area contributed by atoms with E-state index < -0.39 is 0 Å². The molecule has 0 aliphatic heterocycles. The summed E-state index contributed by atoms with van der Waals surface area (Å²) in [6.07, 6.45) is 3.06. The minimum atomic E-state index is -0.378. The zero-order valence-electron chi connectivity index (χ0n) is 16.3. The Morgan fingerprint density at radius 1 is 1.10 bits per heavy atom. The average Bonchev–Trinajstić information content (AvgIpc) is 3.33. The third-order valence-electron chi connectivity index (χ3n) is 4.80. The summed E-state index contributed by atoms with van der Waals surface area (Å²) in [6, 6.07) is 22.7. The molecule has 6 heteroatoms. The van der Waals surface area contributed by atoms with Gasteiger partial charge in [-0.1, -0.05) is 42.5 Å². The number of aryl methyl sites for hydroxylation is 1. The fourth-order valence-electron chi connectivity index (χ4n) is 3.20. The molecule has 0 aliphatic rings. The van der Waals surface area contributed by atoms with Crippen LogP contribution >= 0.6 is 0 Å². The zero-order chi connectivity index (χ0) is 20.9. The smallest absolute Gasteiger partial charge is 0.338 e. The molecule has 0 N–H and O–H groups in total. The number of hydrogen-bond acceptors (Lipinski definition) is 5. The number of carbonyl (C=O) groups excluding carboxylic acids is 1. The van der Waals surface area contributed by atoms with E-state index in [1.54, 1.807) is 29.2 Å². The third kappa shape index (κ3) is 3.96. The zero-order valence-corrected chi connectivity index (χ0v) is 16.3. The van der Waals surface area contributed by atoms with Gasteiger partial charge in [0.2, 0.25) is 0 Å². The maximum absolute atomic E-state index is 12.5. The second-order valence-electron chi connectivity index (χ2n) is 6.77. The van der Waals surface area contributed by atoms with Gasteiger partial charge in [-0.15, -0.1) is 0 Å². The SMILES string of the molecule is Cc1cc(-n2cncn2)ccc1C(=O)OCc1ccc(-c2ccccc2C#N)cc1. The van der Waals surface area contributed by atoms with Crippen molar-refractivity contribution in [1.82, 2.24) is 14.8 Å². The second-order valence-corrected chi connectivity index (χ2v) is 6.77. The Bertz CT molecular complexity index is 1220. The summed E-state index contributed by atoms with van der Waals surface area (Å²) in [5.74, 6) is -0.378. The van der Waals surface area contributed by atoms with Crippen LogP contribution in [-0.2, 0) is 11.3 Å². The highest BCUT2D eigenvalue weighted by Crippen LogP contribution is 2.24. The number of esters is 1. The van der Waals surface area contributed by atoms with Gasteiger partial charge in [0.25, 0.3) is 0 Å². The molecule has 0 aliphatic carbocycles. The molecule has 0 amide bonds. The first kappa shape index (κ1) is 19.1. The molecule has 0 saturated heterocycles. The molecule has 0 bridgehead atoms. The molecule has 6 nitrogen and oxygen atoms in total. The first-order valence-electron chi connectivity index (χ1n) is 9.37. The fraction of sp³-hybridized carbons (Fsp3) is 0.0833. The Hall–Kier alpha value is -4.24. The predicted octanol–water partition coefficient (Wildman–Crippen LogP) is 4.47. The van der Waals surface area contributed by atoms with E-state index in [-0.39, 0.29) is 12.6 Å². The standard InChI is InChI=1S/C24H18N4O2/c1-17-12-21(28-16-26-15-27-28)10-11-22(17)24(29)30-14-18-6-8-19(9-7-18)23-5-3-2-4-20(23)13-25/h2-12,15-16H,14H2,1H3. The molecule has 3 aromatic carbocycles. The molecular weight excluding hydrogens is 376 g/mol. The number of benzene rings is 3. The molecule has 0 fully saturated rings. The molecule has 4 rings (SSSR count). The average molecular weight is 394 g/mol. The van der Waals surface area contributed by atoms with Crippen molar-refractivity contribution in [2.45, 2.75) is 13.5 Å². The van der Waals surface area contributed by atoms with Gasteiger partial charge in [-0.3, -0.25) is 0 Å². The van der Waals surface area contributed by atoms with Crippen molar-refractivity contribution in [3.8, 4) is 22.9 Å². The summed E-state index contributed by atoms with van der Waals surface area (Å²) in [4.78, 5) is 16.4. The van der Waals surface area contributed by atoms with Crippen LogP contribution in [-0.4, -0.2) is 20.7 Å². The van der Waals surface area contributed by atoms with Crippen LogP contribution in [0.4, 0.5) is 0 Å². The Morgan fingerprint density at radius 3 is 2.60 bits per heavy atom. The molecule has 146 valence electrons. The molecule has 0 unspecified atom stereocenters. The first-order valence-corrected chi connectivity index (χ1v) is 9.37. The van der Waals surface area contributed by atoms with Gasteiger partial charge in [-0.25, -0.2) is 14.5 Å². The molecule has 0 saturated carbocycles. The van der Waals surface area contributed by atoms with Crippen molar-refractivity contribution >= 4 is 5.97 Å². The fourth-order valence-corrected chi connectivity index (χ4v) is 3.20. The Labute approximate surface area is 174 Å². The highest BCUT2D eigenvalue weighted by molar-refractivity contribution is 5.91. The van der Waals surface area contributed by atoms with Crippen LogP contribution < -0.4 is 0 Å². The molecule has 0 atom stereocenters. The number of carbonyl (C=O) groups is 1. The number of hydrogen-bond donors (Lipinski definition) is 0. The van der Waals surface area contributed by atoms with Crippen molar-refractivity contribution < 1.29 is 9.53 Å². The normalized spacial score (nSPS) is 10.4. The van der Waals surface area contributed by atoms with Gasteiger partial charge in [0.15, 0.2) is 0 Å². The van der Waals surface area contributed by atoms with Crippen LogP contribution in [0.2, 0.25) is 0 Å². The maximum atomic E-state index is 12.5. The van der Waals surface area contributed by atoms with Gasteiger partial charge < -0.3 is 4.74 Å². The van der Waals surface area contributed by atoms with Crippen molar-refractivity contribution in [3.63, 3.8) is 0 Å². The lowest BCUT2D eigenvalue weighted by molar-refractivity contribution is 0.0472. The molecule has 0 spiro atoms. The van der Waals surface area contributed by atoms with Crippen LogP contribution in [0.1, 0.15) is 27.0 Å². The lowest BCUT2D eigenvalue weighted by Crippen LogP contribution is -2.08. The van der Waals surface area contributed by atoms with Gasteiger partial charge >= 0.3 is 5.97 Å². The first-order chi connectivity index (χ1) is 14.7. The van der Waals surface area contributed by atoms with E-state index in [1.165, 1.54) is 6.33 Å². The van der Waals surface area contributed by atoms with E-state index in [2.05, 4.69) is 16.2 Å². The highest BCUT2D eigenvalue weighted by Gasteiger charge is 2.12. The number of rotatable bonds is 5. The summed E-state index contributed by atoms with van der Waals surface area (Å²) >= 11 is 0. The minimum absolute atomic E-state index is 0.170. The molecular formula is C24H18N4O2. The monoisotopic (exact) mass is 394 g/mol. The largest absolute Gasteiger partial charge is 0.457 e. The number of nitrogens with zero attached hydrogens (tertiary/aromatic N) is 4. The molecule has 4 aromatic rings. The summed E-state index contributed by atoms with van der Waals surface area (Å²) in [7, 11) is 0. The van der Waals surface area contributed by atoms with E-state index in [4.69, 9.17) is 4.74 Å². The topological polar surface area (TPSA) is 80.8 Å². The van der Waals surface area contributed by atoms with Gasteiger partial charge in [-0.05, 0) is 53.4 Å². The summed E-state index contributed by atoms with van der Waals surface area (Å²) in [5.41, 5.74) is 5.47. The van der Waals surface area contributed by atoms with Crippen LogP contribution in [0.5, 0.6) is 0 Å². The van der Waals surface area contributed by atoms with Gasteiger partial charge in [0, 0.05) is 0 Å². The Kier molecular flexibility index (Phi) is 5.35. The summed E-state index contributed by atoms with van der Waals surface area (Å²) in [5, 5.41) is 13.4. The number of aromatic nitrogens is 3. The van der Waals surface area contributed by atoms with Crippen LogP contribution in [0.3, 0.4) is 0 Å². The number of ether oxygens (including phenoxy) is 1. The van der Waals surface area contributed by atoms with Crippen molar-refractivity contribution in [2.75, 3.05) is 0 Å². The lowest BCUT2D eigenvalue weighted by Gasteiger charge is -2.10. The third-order valence-corrected chi connectivity index (χ3v) is 4.80. The van der Waals surface area contributed by atoms with Crippen LogP contribution in [0, 0.1) is 18.3 Å². The molecule has 0 radical (unpaired) electrons. The van der Waals surface area contributed by atoms with Gasteiger partial charge in [-0.2, -0.15) is 10.4 Å². The number of nitriles is 1. The Morgan fingerprint density at radius 2 is 1.90 bits per heavy atom. The summed E-state index contributed by atoms with van der Waals surface area (Å²) in [6.45, 7) is 2.03. The van der Waals surface area contributed by atoms with Gasteiger partial charge in [0.05, 0.1) is 22.9 Å². The predicted molar refractivity (Wildman–Crippen MR) is 112 cm³/mol. The van der Waals surface area contributed by atoms with E-state index in [0.29, 0.717) is 11.1 Å². The van der Waals surface area contributed by atoms with E-state index in [1.807, 2.05) is 55.5 Å². The lowest BCUT2D eigenvalue weighted by atomic mass is 9.99. The van der Waals surface area contributed by atoms with Crippen LogP contribution in [0.15, 0.2) is 79.4 Å². The quantitative estimate of drug-likeness (QED) is 0.467. The van der Waals surface area contributed by atoms with E-state index in [0.717, 1.165) is 27.9 Å². The molecule has 1 aromatic heterocycles. The van der Waals surface area contributed by atoms with Crippen molar-refractivity contribution in [3.05, 3.63) is 102 Å². The van der Waals surface area contributed by atoms with Crippen molar-refractivity contribution in [1.29, 1.82) is 5.26 Å². The minimum Gasteiger partial charge on any atom is -0.457 e. The van der Waals surface area contributed by atoms with Crippen LogP contribution in [0.25, 0.3) is 16.8 Å².